The topological polar surface area (TPSA) is 56.3 Å². The maximum atomic E-state index is 5.97. The first kappa shape index (κ1) is 17.1. The summed E-state index contributed by atoms with van der Waals surface area (Å²) in [7, 11) is 1.67. The lowest BCUT2D eigenvalue weighted by Gasteiger charge is -2.08. The second-order valence-corrected chi connectivity index (χ2v) is 4.87. The number of nitrogens with zero attached hydrogens (tertiary/aromatic N) is 2. The van der Waals surface area contributed by atoms with Gasteiger partial charge in [0.25, 0.3) is 0 Å². The van der Waals surface area contributed by atoms with Crippen molar-refractivity contribution in [2.45, 2.75) is 32.6 Å². The Labute approximate surface area is 126 Å². The molecule has 20 heavy (non-hydrogen) atoms. The Kier molecular flexibility index (Phi) is 9.28. The Morgan fingerprint density at radius 1 is 1.20 bits per heavy atom. The van der Waals surface area contributed by atoms with E-state index in [0.29, 0.717) is 18.4 Å². The lowest BCUT2D eigenvalue weighted by atomic mass is 10.3. The zero-order valence-corrected chi connectivity index (χ0v) is 13.1. The van der Waals surface area contributed by atoms with Crippen LogP contribution in [-0.2, 0) is 15.9 Å². The van der Waals surface area contributed by atoms with Crippen LogP contribution in [0.25, 0.3) is 0 Å². The van der Waals surface area contributed by atoms with Gasteiger partial charge in [0.05, 0.1) is 13.2 Å². The van der Waals surface area contributed by atoms with Crippen molar-refractivity contribution < 1.29 is 9.47 Å². The van der Waals surface area contributed by atoms with E-state index in [2.05, 4.69) is 22.2 Å². The van der Waals surface area contributed by atoms with Crippen molar-refractivity contribution in [3.63, 3.8) is 0 Å². The van der Waals surface area contributed by atoms with E-state index in [1.807, 2.05) is 0 Å². The maximum Gasteiger partial charge on any atom is 0.134 e. The van der Waals surface area contributed by atoms with E-state index < -0.39 is 0 Å². The normalized spacial score (nSPS) is 10.8. The minimum Gasteiger partial charge on any atom is -0.382 e. The SMILES string of the molecule is CCCc1nc(Cl)cc(NCCCCOCCOC)n1. The highest BCUT2D eigenvalue weighted by molar-refractivity contribution is 6.29. The van der Waals surface area contributed by atoms with Gasteiger partial charge in [0.15, 0.2) is 0 Å². The van der Waals surface area contributed by atoms with Gasteiger partial charge in [0.1, 0.15) is 16.8 Å². The van der Waals surface area contributed by atoms with Crippen molar-refractivity contribution >= 4 is 17.4 Å². The Bertz CT molecular complexity index is 377. The maximum absolute atomic E-state index is 5.97. The molecule has 0 aliphatic rings. The van der Waals surface area contributed by atoms with Crippen LogP contribution < -0.4 is 5.32 Å². The van der Waals surface area contributed by atoms with E-state index in [9.17, 15) is 0 Å². The first-order valence-corrected chi connectivity index (χ1v) is 7.48. The van der Waals surface area contributed by atoms with Crippen molar-refractivity contribution in [3.05, 3.63) is 17.0 Å². The largest absolute Gasteiger partial charge is 0.382 e. The number of methoxy groups -OCH3 is 1. The van der Waals surface area contributed by atoms with Crippen molar-refractivity contribution in [2.75, 3.05) is 38.8 Å². The summed E-state index contributed by atoms with van der Waals surface area (Å²) in [6.07, 6.45) is 3.90. The number of halogens is 1. The molecule has 114 valence electrons. The fraction of sp³-hybridized carbons (Fsp3) is 0.714. The molecule has 0 bridgehead atoms. The predicted octanol–water partition coefficient (Wildman–Crippen LogP) is 2.94. The second kappa shape index (κ2) is 10.8. The number of aromatic nitrogens is 2. The fourth-order valence-corrected chi connectivity index (χ4v) is 1.88. The van der Waals surface area contributed by atoms with Crippen molar-refractivity contribution in [1.29, 1.82) is 0 Å². The molecular weight excluding hydrogens is 278 g/mol. The fourth-order valence-electron chi connectivity index (χ4n) is 1.68. The molecule has 0 atom stereocenters. The molecule has 0 aliphatic heterocycles. The Morgan fingerprint density at radius 2 is 2.05 bits per heavy atom. The minimum absolute atomic E-state index is 0.494. The van der Waals surface area contributed by atoms with Gasteiger partial charge in [-0.3, -0.25) is 0 Å². The van der Waals surface area contributed by atoms with E-state index >= 15 is 0 Å². The second-order valence-electron chi connectivity index (χ2n) is 4.48. The summed E-state index contributed by atoms with van der Waals surface area (Å²) < 4.78 is 10.3. The average molecular weight is 302 g/mol. The monoisotopic (exact) mass is 301 g/mol. The molecule has 5 nitrogen and oxygen atoms in total. The molecule has 0 aromatic carbocycles. The number of hydrogen-bond acceptors (Lipinski definition) is 5. The van der Waals surface area contributed by atoms with Crippen LogP contribution in [0.5, 0.6) is 0 Å². The summed E-state index contributed by atoms with van der Waals surface area (Å²) in [5.41, 5.74) is 0. The molecule has 1 rings (SSSR count). The minimum atomic E-state index is 0.494. The number of hydrogen-bond donors (Lipinski definition) is 1. The third-order valence-electron chi connectivity index (χ3n) is 2.67. The van der Waals surface area contributed by atoms with Gasteiger partial charge in [-0.25, -0.2) is 9.97 Å². The number of ether oxygens (including phenoxy) is 2. The molecule has 0 aliphatic carbocycles. The van der Waals surface area contributed by atoms with Gasteiger partial charge < -0.3 is 14.8 Å². The van der Waals surface area contributed by atoms with Gasteiger partial charge in [0, 0.05) is 32.7 Å². The van der Waals surface area contributed by atoms with Crippen LogP contribution in [0.1, 0.15) is 32.0 Å². The highest BCUT2D eigenvalue weighted by Crippen LogP contribution is 2.12. The van der Waals surface area contributed by atoms with Gasteiger partial charge in [-0.15, -0.1) is 0 Å². The molecule has 0 radical (unpaired) electrons. The quantitative estimate of drug-likeness (QED) is 0.503. The molecule has 0 saturated carbocycles. The molecule has 0 fully saturated rings. The highest BCUT2D eigenvalue weighted by atomic mass is 35.5. The molecule has 0 amide bonds. The summed E-state index contributed by atoms with van der Waals surface area (Å²) in [6, 6.07) is 1.76. The summed E-state index contributed by atoms with van der Waals surface area (Å²) in [5, 5.41) is 3.76. The Morgan fingerprint density at radius 3 is 2.80 bits per heavy atom. The first-order valence-electron chi connectivity index (χ1n) is 7.10. The molecule has 1 aromatic rings. The van der Waals surface area contributed by atoms with Crippen LogP contribution in [0.4, 0.5) is 5.82 Å². The van der Waals surface area contributed by atoms with Crippen LogP contribution in [0, 0.1) is 0 Å². The highest BCUT2D eigenvalue weighted by Gasteiger charge is 2.02. The summed E-state index contributed by atoms with van der Waals surface area (Å²) in [4.78, 5) is 8.62. The number of nitrogens with one attached hydrogen (secondary N) is 1. The average Bonchev–Trinajstić information content (AvgIpc) is 2.41. The van der Waals surface area contributed by atoms with Crippen molar-refractivity contribution in [2.24, 2.45) is 0 Å². The third-order valence-corrected chi connectivity index (χ3v) is 2.86. The molecule has 6 heteroatoms. The van der Waals surface area contributed by atoms with E-state index in [-0.39, 0.29) is 0 Å². The third kappa shape index (κ3) is 7.62. The van der Waals surface area contributed by atoms with Crippen LogP contribution in [0.2, 0.25) is 5.15 Å². The van der Waals surface area contributed by atoms with Gasteiger partial charge in [-0.1, -0.05) is 18.5 Å². The van der Waals surface area contributed by atoms with Gasteiger partial charge in [-0.2, -0.15) is 0 Å². The van der Waals surface area contributed by atoms with E-state index in [0.717, 1.165) is 50.5 Å². The van der Waals surface area contributed by atoms with Gasteiger partial charge in [0.2, 0.25) is 0 Å². The molecule has 0 spiro atoms. The first-order chi connectivity index (χ1) is 9.76. The van der Waals surface area contributed by atoms with Gasteiger partial charge in [-0.05, 0) is 19.3 Å². The molecule has 1 aromatic heterocycles. The zero-order chi connectivity index (χ0) is 14.6. The molecule has 0 saturated heterocycles. The number of rotatable bonds is 11. The van der Waals surface area contributed by atoms with E-state index in [4.69, 9.17) is 21.1 Å². The van der Waals surface area contributed by atoms with E-state index in [1.54, 1.807) is 13.2 Å². The van der Waals surface area contributed by atoms with Crippen LogP contribution >= 0.6 is 11.6 Å². The Balaban J connectivity index is 2.18. The number of unbranched alkanes of at least 4 members (excludes halogenated alkanes) is 1. The Hall–Kier alpha value is -0.910. The molecule has 0 unspecified atom stereocenters. The molecule has 1 heterocycles. The molecular formula is C14H24ClN3O2. The lowest BCUT2D eigenvalue weighted by Crippen LogP contribution is -2.08. The summed E-state index contributed by atoms with van der Waals surface area (Å²) >= 11 is 5.97. The number of aryl methyl sites for hydroxylation is 1. The van der Waals surface area contributed by atoms with Crippen molar-refractivity contribution in [1.82, 2.24) is 9.97 Å². The van der Waals surface area contributed by atoms with Crippen LogP contribution in [0.3, 0.4) is 0 Å². The van der Waals surface area contributed by atoms with Crippen LogP contribution in [-0.4, -0.2) is 43.4 Å². The molecule has 1 N–H and O–H groups in total. The van der Waals surface area contributed by atoms with Crippen molar-refractivity contribution in [3.8, 4) is 0 Å². The van der Waals surface area contributed by atoms with Crippen LogP contribution in [0.15, 0.2) is 6.07 Å². The lowest BCUT2D eigenvalue weighted by molar-refractivity contribution is 0.0691. The summed E-state index contributed by atoms with van der Waals surface area (Å²) in [5.74, 6) is 1.60. The smallest absolute Gasteiger partial charge is 0.134 e. The van der Waals surface area contributed by atoms with E-state index in [1.165, 1.54) is 0 Å². The zero-order valence-electron chi connectivity index (χ0n) is 12.3. The summed E-state index contributed by atoms with van der Waals surface area (Å²) in [6.45, 7) is 5.02. The van der Waals surface area contributed by atoms with Gasteiger partial charge >= 0.3 is 0 Å². The predicted molar refractivity (Wildman–Crippen MR) is 81.5 cm³/mol. The number of anilines is 1. The standard InChI is InChI=1S/C14H24ClN3O2/c1-3-6-13-17-12(15)11-14(18-13)16-7-4-5-8-20-10-9-19-2/h11H,3-10H2,1-2H3,(H,16,17,18).